The second kappa shape index (κ2) is 8.20. The van der Waals surface area contributed by atoms with E-state index in [2.05, 4.69) is 10.4 Å². The summed E-state index contributed by atoms with van der Waals surface area (Å²) >= 11 is 0. The van der Waals surface area contributed by atoms with Crippen molar-refractivity contribution in [3.05, 3.63) is 48.2 Å². The zero-order valence-corrected chi connectivity index (χ0v) is 13.9. The molecule has 0 radical (unpaired) electrons. The molecule has 0 aliphatic carbocycles. The van der Waals surface area contributed by atoms with Crippen LogP contribution >= 0.6 is 0 Å². The van der Waals surface area contributed by atoms with Crippen LogP contribution in [0.2, 0.25) is 0 Å². The first-order valence-electron chi connectivity index (χ1n) is 8.49. The van der Waals surface area contributed by atoms with Crippen molar-refractivity contribution in [2.45, 2.75) is 25.8 Å². The third-order valence-corrected chi connectivity index (χ3v) is 4.43. The molecular weight excluding hydrogens is 326 g/mol. The molecule has 25 heavy (non-hydrogen) atoms. The number of nitrogens with zero attached hydrogens (tertiary/aromatic N) is 3. The Bertz CT molecular complexity index is 681. The van der Waals surface area contributed by atoms with Gasteiger partial charge in [0.15, 0.2) is 5.82 Å². The van der Waals surface area contributed by atoms with Crippen molar-refractivity contribution in [1.29, 1.82) is 0 Å². The number of halogens is 2. The molecule has 0 spiro atoms. The van der Waals surface area contributed by atoms with E-state index in [0.29, 0.717) is 38.3 Å². The molecule has 1 aromatic carbocycles. The Morgan fingerprint density at radius 2 is 1.92 bits per heavy atom. The minimum absolute atomic E-state index is 0.0818. The standard InChI is InChI=1S/C18H22F2N4O/c19-16(20)13-23-9-6-15(7-10-23)18(25)21-17-8-11-24(22-17)12-14-4-2-1-3-5-14/h1-5,8,11,15-16H,6-7,9-10,12-13H2,(H,21,22,25). The van der Waals surface area contributed by atoms with Crippen LogP contribution in [0, 0.1) is 5.92 Å². The molecule has 0 atom stereocenters. The molecule has 1 saturated heterocycles. The molecule has 0 bridgehead atoms. The van der Waals surface area contributed by atoms with Crippen LogP contribution in [0.3, 0.4) is 0 Å². The maximum absolute atomic E-state index is 12.4. The highest BCUT2D eigenvalue weighted by Gasteiger charge is 2.26. The molecule has 5 nitrogen and oxygen atoms in total. The summed E-state index contributed by atoms with van der Waals surface area (Å²) in [4.78, 5) is 14.0. The van der Waals surface area contributed by atoms with E-state index in [1.54, 1.807) is 15.6 Å². The molecule has 1 aromatic heterocycles. The molecule has 2 heterocycles. The van der Waals surface area contributed by atoms with Gasteiger partial charge in [-0.1, -0.05) is 30.3 Å². The Balaban J connectivity index is 1.49. The van der Waals surface area contributed by atoms with E-state index >= 15 is 0 Å². The number of carbonyl (C=O) groups is 1. The van der Waals surface area contributed by atoms with E-state index in [0.717, 1.165) is 5.56 Å². The van der Waals surface area contributed by atoms with Crippen molar-refractivity contribution < 1.29 is 13.6 Å². The van der Waals surface area contributed by atoms with Crippen molar-refractivity contribution in [2.75, 3.05) is 25.0 Å². The minimum Gasteiger partial charge on any atom is -0.309 e. The molecule has 3 rings (SSSR count). The van der Waals surface area contributed by atoms with E-state index in [9.17, 15) is 13.6 Å². The summed E-state index contributed by atoms with van der Waals surface area (Å²) in [5, 5.41) is 7.21. The van der Waals surface area contributed by atoms with Gasteiger partial charge in [-0.25, -0.2) is 8.78 Å². The average Bonchev–Trinajstić information content (AvgIpc) is 3.02. The fraction of sp³-hybridized carbons (Fsp3) is 0.444. The molecule has 1 fully saturated rings. The second-order valence-electron chi connectivity index (χ2n) is 6.34. The first-order valence-corrected chi connectivity index (χ1v) is 8.49. The second-order valence-corrected chi connectivity index (χ2v) is 6.34. The Kier molecular flexibility index (Phi) is 5.75. The number of anilines is 1. The number of amides is 1. The first-order chi connectivity index (χ1) is 12.1. The number of piperidine rings is 1. The molecule has 0 unspecified atom stereocenters. The molecule has 0 saturated carbocycles. The summed E-state index contributed by atoms with van der Waals surface area (Å²) in [7, 11) is 0. The Labute approximate surface area is 145 Å². The number of nitrogens with one attached hydrogen (secondary N) is 1. The molecule has 134 valence electrons. The topological polar surface area (TPSA) is 50.2 Å². The van der Waals surface area contributed by atoms with Gasteiger partial charge < -0.3 is 5.32 Å². The maximum atomic E-state index is 12.4. The first kappa shape index (κ1) is 17.5. The zero-order chi connectivity index (χ0) is 17.6. The quantitative estimate of drug-likeness (QED) is 0.873. The van der Waals surface area contributed by atoms with Crippen molar-refractivity contribution in [3.63, 3.8) is 0 Å². The highest BCUT2D eigenvalue weighted by atomic mass is 19.3. The molecule has 2 aromatic rings. The van der Waals surface area contributed by atoms with Gasteiger partial charge in [0, 0.05) is 18.2 Å². The monoisotopic (exact) mass is 348 g/mol. The number of hydrogen-bond donors (Lipinski definition) is 1. The summed E-state index contributed by atoms with van der Waals surface area (Å²) in [5.41, 5.74) is 1.13. The number of carbonyl (C=O) groups excluding carboxylic acids is 1. The lowest BCUT2D eigenvalue weighted by Crippen LogP contribution is -2.40. The lowest BCUT2D eigenvalue weighted by atomic mass is 9.96. The Hall–Kier alpha value is -2.28. The SMILES string of the molecule is O=C(Nc1ccn(Cc2ccccc2)n1)C1CCN(CC(F)F)CC1. The molecule has 1 amide bonds. The maximum Gasteiger partial charge on any atom is 0.251 e. The number of likely N-dealkylation sites (tertiary alicyclic amines) is 1. The van der Waals surface area contributed by atoms with Crippen LogP contribution in [0.5, 0.6) is 0 Å². The van der Waals surface area contributed by atoms with Crippen LogP contribution in [0.4, 0.5) is 14.6 Å². The number of aromatic nitrogens is 2. The third-order valence-electron chi connectivity index (χ3n) is 4.43. The molecule has 1 N–H and O–H groups in total. The van der Waals surface area contributed by atoms with Gasteiger partial charge in [-0.3, -0.25) is 14.4 Å². The van der Waals surface area contributed by atoms with Crippen LogP contribution in [0.25, 0.3) is 0 Å². The fourth-order valence-electron chi connectivity index (χ4n) is 3.09. The zero-order valence-electron chi connectivity index (χ0n) is 13.9. The summed E-state index contributed by atoms with van der Waals surface area (Å²) in [6.45, 7) is 1.50. The highest BCUT2D eigenvalue weighted by Crippen LogP contribution is 2.19. The lowest BCUT2D eigenvalue weighted by Gasteiger charge is -2.30. The largest absolute Gasteiger partial charge is 0.309 e. The summed E-state index contributed by atoms with van der Waals surface area (Å²) in [5.74, 6) is 0.297. The smallest absolute Gasteiger partial charge is 0.251 e. The van der Waals surface area contributed by atoms with E-state index in [4.69, 9.17) is 0 Å². The summed E-state index contributed by atoms with van der Waals surface area (Å²) in [6, 6.07) is 11.7. The van der Waals surface area contributed by atoms with Gasteiger partial charge in [0.25, 0.3) is 6.43 Å². The number of alkyl halides is 2. The van der Waals surface area contributed by atoms with E-state index < -0.39 is 6.43 Å². The molecule has 1 aliphatic rings. The van der Waals surface area contributed by atoms with Crippen LogP contribution < -0.4 is 5.32 Å². The average molecular weight is 348 g/mol. The van der Waals surface area contributed by atoms with Crippen LogP contribution in [-0.2, 0) is 11.3 Å². The molecular formula is C18H22F2N4O. The predicted octanol–water partition coefficient (Wildman–Crippen LogP) is 2.85. The normalized spacial score (nSPS) is 16.3. The third kappa shape index (κ3) is 5.09. The predicted molar refractivity (Wildman–Crippen MR) is 91.6 cm³/mol. The van der Waals surface area contributed by atoms with Crippen molar-refractivity contribution >= 4 is 11.7 Å². The van der Waals surface area contributed by atoms with E-state index in [1.807, 2.05) is 36.5 Å². The number of benzene rings is 1. The Morgan fingerprint density at radius 3 is 2.60 bits per heavy atom. The van der Waals surface area contributed by atoms with E-state index in [-0.39, 0.29) is 18.4 Å². The Morgan fingerprint density at radius 1 is 1.20 bits per heavy atom. The van der Waals surface area contributed by atoms with Crippen molar-refractivity contribution in [2.24, 2.45) is 5.92 Å². The number of hydrogen-bond acceptors (Lipinski definition) is 3. The van der Waals surface area contributed by atoms with Gasteiger partial charge in [-0.05, 0) is 31.5 Å². The van der Waals surface area contributed by atoms with E-state index in [1.165, 1.54) is 0 Å². The van der Waals surface area contributed by atoms with Gasteiger partial charge in [-0.15, -0.1) is 0 Å². The van der Waals surface area contributed by atoms with Crippen molar-refractivity contribution in [3.8, 4) is 0 Å². The van der Waals surface area contributed by atoms with Gasteiger partial charge in [0.1, 0.15) is 0 Å². The van der Waals surface area contributed by atoms with Gasteiger partial charge in [-0.2, -0.15) is 5.10 Å². The molecule has 1 aliphatic heterocycles. The van der Waals surface area contributed by atoms with Gasteiger partial charge in [0.05, 0.1) is 13.1 Å². The minimum atomic E-state index is -2.32. The lowest BCUT2D eigenvalue weighted by molar-refractivity contribution is -0.121. The van der Waals surface area contributed by atoms with Crippen LogP contribution in [0.1, 0.15) is 18.4 Å². The van der Waals surface area contributed by atoms with Gasteiger partial charge >= 0.3 is 0 Å². The summed E-state index contributed by atoms with van der Waals surface area (Å²) in [6.07, 6.45) is 0.708. The van der Waals surface area contributed by atoms with Crippen LogP contribution in [0.15, 0.2) is 42.6 Å². The molecule has 7 heteroatoms. The summed E-state index contributed by atoms with van der Waals surface area (Å²) < 4.78 is 26.6. The van der Waals surface area contributed by atoms with Crippen LogP contribution in [-0.4, -0.2) is 46.6 Å². The highest BCUT2D eigenvalue weighted by molar-refractivity contribution is 5.91. The van der Waals surface area contributed by atoms with Gasteiger partial charge in [0.2, 0.25) is 5.91 Å². The van der Waals surface area contributed by atoms with Crippen molar-refractivity contribution in [1.82, 2.24) is 14.7 Å². The fourth-order valence-corrected chi connectivity index (χ4v) is 3.09. The number of rotatable bonds is 6.